The van der Waals surface area contributed by atoms with Crippen LogP contribution >= 0.6 is 11.6 Å². The first-order valence-electron chi connectivity index (χ1n) is 13.9. The first-order valence-corrected chi connectivity index (χ1v) is 14.3. The topological polar surface area (TPSA) is 83.1 Å². The van der Waals surface area contributed by atoms with Gasteiger partial charge in [0.1, 0.15) is 16.5 Å². The standard InChI is InChI=1S/C30H33ClN6O3/c1-35-13-9-18-17-37(14-10-23(18)35)19-7-8-22(25(15-19)39-3)33-29-32-16-21(31)27(34-29)40-24-6-4-5-20-26(24)28(38)36(2)30(20)11-12-30/h4-8,15-16,18,23H,9-14,17H2,1-3H3,(H,32,33,34). The van der Waals surface area contributed by atoms with Gasteiger partial charge in [-0.2, -0.15) is 4.98 Å². The van der Waals surface area contributed by atoms with Crippen LogP contribution in [0.3, 0.4) is 0 Å². The third-order valence-corrected chi connectivity index (χ3v) is 9.50. The Morgan fingerprint density at radius 2 is 1.95 bits per heavy atom. The summed E-state index contributed by atoms with van der Waals surface area (Å²) in [5, 5.41) is 3.51. The molecule has 3 aliphatic heterocycles. The van der Waals surface area contributed by atoms with Crippen LogP contribution in [-0.2, 0) is 5.54 Å². The minimum atomic E-state index is -0.194. The monoisotopic (exact) mass is 560 g/mol. The predicted molar refractivity (Wildman–Crippen MR) is 154 cm³/mol. The Labute approximate surface area is 239 Å². The van der Waals surface area contributed by atoms with E-state index in [1.165, 1.54) is 25.6 Å². The highest BCUT2D eigenvalue weighted by Crippen LogP contribution is 2.57. The van der Waals surface area contributed by atoms with Crippen LogP contribution in [0.25, 0.3) is 0 Å². The van der Waals surface area contributed by atoms with E-state index in [-0.39, 0.29) is 22.3 Å². The Morgan fingerprint density at radius 3 is 2.75 bits per heavy atom. The molecule has 0 bridgehead atoms. The first-order chi connectivity index (χ1) is 19.4. The molecule has 1 N–H and O–H groups in total. The van der Waals surface area contributed by atoms with E-state index in [2.05, 4.69) is 44.3 Å². The molecule has 2 aromatic carbocycles. The van der Waals surface area contributed by atoms with Crippen LogP contribution < -0.4 is 19.7 Å². The number of amides is 1. The molecule has 1 amide bonds. The Morgan fingerprint density at radius 1 is 1.10 bits per heavy atom. The third kappa shape index (κ3) is 4.06. The number of anilines is 3. The fraction of sp³-hybridized carbons (Fsp3) is 0.433. The Bertz CT molecular complexity index is 1490. The highest BCUT2D eigenvalue weighted by molar-refractivity contribution is 6.31. The van der Waals surface area contributed by atoms with Crippen LogP contribution in [0.1, 0.15) is 41.6 Å². The van der Waals surface area contributed by atoms with E-state index < -0.39 is 0 Å². The maximum absolute atomic E-state index is 13.1. The maximum Gasteiger partial charge on any atom is 0.258 e. The first kappa shape index (κ1) is 25.4. The predicted octanol–water partition coefficient (Wildman–Crippen LogP) is 5.28. The SMILES string of the molecule is COc1cc(N2CCC3C(CCN3C)C2)ccc1Nc1ncc(Cl)c(Oc2cccc3c2C(=O)N(C)C32CC2)n1. The molecule has 9 nitrogen and oxygen atoms in total. The van der Waals surface area contributed by atoms with Crippen molar-refractivity contribution in [3.05, 3.63) is 58.7 Å². The number of benzene rings is 2. The lowest BCUT2D eigenvalue weighted by Gasteiger charge is -2.38. The van der Waals surface area contributed by atoms with Crippen molar-refractivity contribution in [2.75, 3.05) is 51.1 Å². The van der Waals surface area contributed by atoms with E-state index in [9.17, 15) is 4.79 Å². The summed E-state index contributed by atoms with van der Waals surface area (Å²) in [4.78, 5) is 28.8. The molecule has 0 radical (unpaired) electrons. The molecular weight excluding hydrogens is 528 g/mol. The van der Waals surface area contributed by atoms with E-state index in [4.69, 9.17) is 21.1 Å². The second-order valence-corrected chi connectivity index (χ2v) is 11.8. The van der Waals surface area contributed by atoms with Crippen molar-refractivity contribution < 1.29 is 14.3 Å². The van der Waals surface area contributed by atoms with Gasteiger partial charge in [0.25, 0.3) is 5.91 Å². The second kappa shape index (κ2) is 9.52. The lowest BCUT2D eigenvalue weighted by atomic mass is 9.92. The zero-order valence-corrected chi connectivity index (χ0v) is 23.7. The average molecular weight is 561 g/mol. The number of nitrogens with zero attached hydrogens (tertiary/aromatic N) is 5. The molecule has 1 aromatic heterocycles. The molecule has 1 saturated carbocycles. The summed E-state index contributed by atoms with van der Waals surface area (Å²) in [6, 6.07) is 12.6. The van der Waals surface area contributed by atoms with Gasteiger partial charge in [-0.05, 0) is 69.0 Å². The molecule has 2 unspecified atom stereocenters. The maximum atomic E-state index is 13.1. The minimum Gasteiger partial charge on any atom is -0.494 e. The van der Waals surface area contributed by atoms with Gasteiger partial charge in [0.2, 0.25) is 11.8 Å². The van der Waals surface area contributed by atoms with Gasteiger partial charge in [-0.3, -0.25) is 4.79 Å². The van der Waals surface area contributed by atoms with Crippen LogP contribution in [0.5, 0.6) is 17.4 Å². The van der Waals surface area contributed by atoms with Crippen LogP contribution in [0, 0.1) is 5.92 Å². The fourth-order valence-corrected chi connectivity index (χ4v) is 6.96. The van der Waals surface area contributed by atoms with E-state index in [0.717, 1.165) is 42.9 Å². The largest absolute Gasteiger partial charge is 0.494 e. The molecule has 3 aromatic rings. The lowest BCUT2D eigenvalue weighted by molar-refractivity contribution is 0.0753. The zero-order chi connectivity index (χ0) is 27.6. The molecule has 2 saturated heterocycles. The van der Waals surface area contributed by atoms with Gasteiger partial charge < -0.3 is 29.5 Å². The van der Waals surface area contributed by atoms with Gasteiger partial charge in [0.15, 0.2) is 0 Å². The van der Waals surface area contributed by atoms with Crippen LogP contribution in [-0.4, -0.2) is 72.6 Å². The zero-order valence-electron chi connectivity index (χ0n) is 23.0. The summed E-state index contributed by atoms with van der Waals surface area (Å²) in [6.07, 6.45) is 5.85. The molecule has 1 aliphatic carbocycles. The van der Waals surface area contributed by atoms with Gasteiger partial charge in [0.05, 0.1) is 30.1 Å². The fourth-order valence-electron chi connectivity index (χ4n) is 6.83. The smallest absolute Gasteiger partial charge is 0.258 e. The molecule has 40 heavy (non-hydrogen) atoms. The van der Waals surface area contributed by atoms with Crippen molar-refractivity contribution in [2.45, 2.75) is 37.3 Å². The number of halogens is 1. The van der Waals surface area contributed by atoms with Crippen molar-refractivity contribution >= 4 is 34.8 Å². The number of piperidine rings is 1. The molecule has 2 atom stereocenters. The number of carbonyl (C=O) groups excluding carboxylic acids is 1. The Balaban J connectivity index is 1.11. The van der Waals surface area contributed by atoms with E-state index in [1.54, 1.807) is 13.2 Å². The molecule has 10 heteroatoms. The van der Waals surface area contributed by atoms with Crippen molar-refractivity contribution in [2.24, 2.45) is 5.92 Å². The minimum absolute atomic E-state index is 0.0411. The second-order valence-electron chi connectivity index (χ2n) is 11.4. The van der Waals surface area contributed by atoms with Gasteiger partial charge in [-0.1, -0.05) is 23.7 Å². The number of ether oxygens (including phenoxy) is 2. The number of nitrogens with one attached hydrogen (secondary N) is 1. The van der Waals surface area contributed by atoms with Crippen molar-refractivity contribution in [1.29, 1.82) is 0 Å². The van der Waals surface area contributed by atoms with Crippen molar-refractivity contribution in [3.63, 3.8) is 0 Å². The summed E-state index contributed by atoms with van der Waals surface area (Å²) in [7, 11) is 5.76. The molecule has 3 fully saturated rings. The summed E-state index contributed by atoms with van der Waals surface area (Å²) >= 11 is 6.44. The number of hydrogen-bond acceptors (Lipinski definition) is 8. The summed E-state index contributed by atoms with van der Waals surface area (Å²) in [5.74, 6) is 2.31. The molecule has 4 aliphatic rings. The van der Waals surface area contributed by atoms with Crippen molar-refractivity contribution in [3.8, 4) is 17.4 Å². The van der Waals surface area contributed by atoms with Crippen LogP contribution in [0.15, 0.2) is 42.6 Å². The molecule has 1 spiro atoms. The lowest BCUT2D eigenvalue weighted by Crippen LogP contribution is -2.44. The van der Waals surface area contributed by atoms with Crippen molar-refractivity contribution in [1.82, 2.24) is 19.8 Å². The average Bonchev–Trinajstić information content (AvgIpc) is 3.66. The number of aromatic nitrogens is 2. The third-order valence-electron chi connectivity index (χ3n) is 9.24. The normalized spacial score (nSPS) is 22.9. The summed E-state index contributed by atoms with van der Waals surface area (Å²) < 4.78 is 11.9. The van der Waals surface area contributed by atoms with Gasteiger partial charge in [-0.25, -0.2) is 4.98 Å². The van der Waals surface area contributed by atoms with E-state index in [1.807, 2.05) is 30.1 Å². The summed E-state index contributed by atoms with van der Waals surface area (Å²) in [5.41, 5.74) is 3.29. The molecule has 4 heterocycles. The number of likely N-dealkylation sites (tertiary alicyclic amines) is 1. The molecule has 7 rings (SSSR count). The highest BCUT2D eigenvalue weighted by atomic mass is 35.5. The Kier molecular flexibility index (Phi) is 6.05. The molecule has 208 valence electrons. The van der Waals surface area contributed by atoms with Gasteiger partial charge >= 0.3 is 0 Å². The van der Waals surface area contributed by atoms with Crippen LogP contribution in [0.4, 0.5) is 17.3 Å². The highest BCUT2D eigenvalue weighted by Gasteiger charge is 2.57. The molecular formula is C30H33ClN6O3. The van der Waals surface area contributed by atoms with E-state index in [0.29, 0.717) is 35.0 Å². The van der Waals surface area contributed by atoms with Crippen LogP contribution in [0.2, 0.25) is 5.02 Å². The Hall–Kier alpha value is -3.56. The number of carbonyl (C=O) groups is 1. The van der Waals surface area contributed by atoms with E-state index >= 15 is 0 Å². The number of rotatable bonds is 6. The van der Waals surface area contributed by atoms with Gasteiger partial charge in [-0.15, -0.1) is 0 Å². The summed E-state index contributed by atoms with van der Waals surface area (Å²) in [6.45, 7) is 3.28. The number of hydrogen-bond donors (Lipinski definition) is 1. The number of fused-ring (bicyclic) bond motifs is 3. The van der Waals surface area contributed by atoms with Gasteiger partial charge in [0, 0.05) is 37.9 Å². The number of methoxy groups -OCH3 is 1. The quantitative estimate of drug-likeness (QED) is 0.436.